The Hall–Kier alpha value is -0.660. The lowest BCUT2D eigenvalue weighted by atomic mass is 9.85. The lowest BCUT2D eigenvalue weighted by molar-refractivity contribution is -0.220. The van der Waals surface area contributed by atoms with E-state index in [2.05, 4.69) is 13.8 Å². The van der Waals surface area contributed by atoms with Gasteiger partial charge in [0, 0.05) is 13.0 Å². The molecule has 1 aliphatic rings. The third-order valence-electron chi connectivity index (χ3n) is 8.98. The van der Waals surface area contributed by atoms with Crippen molar-refractivity contribution in [3.8, 4) is 0 Å². The van der Waals surface area contributed by atoms with Crippen LogP contribution < -0.4 is 0 Å². The molecule has 13 heteroatoms. The first-order chi connectivity index (χ1) is 23.0. The van der Waals surface area contributed by atoms with Gasteiger partial charge in [0.05, 0.1) is 13.2 Å². The summed E-state index contributed by atoms with van der Waals surface area (Å²) in [4.78, 5) is 22.9. The topological polar surface area (TPSA) is 192 Å². The van der Waals surface area contributed by atoms with E-state index >= 15 is 0 Å². The standard InChI is InChI=1S/C35H69O12P/c1-3-5-7-9-11-13-14-15-16-17-19-21-23-25-44-26-28(46-29(36)24-22-20-18-12-10-8-6-4-2)27-45-48(42,43)47-35-33(40)31(38)30(37)32(39)34(35)41/h28,30-35,37-41H,3-27H2,1-2H3,(H,42,43). The molecule has 1 rings (SSSR count). The lowest BCUT2D eigenvalue weighted by Crippen LogP contribution is -2.64. The molecule has 0 aromatic rings. The van der Waals surface area contributed by atoms with E-state index in [4.69, 9.17) is 18.5 Å². The molecule has 48 heavy (non-hydrogen) atoms. The van der Waals surface area contributed by atoms with Gasteiger partial charge in [0.15, 0.2) is 0 Å². The molecule has 0 spiro atoms. The fourth-order valence-corrected chi connectivity index (χ4v) is 6.86. The number of aliphatic hydroxyl groups excluding tert-OH is 5. The van der Waals surface area contributed by atoms with Crippen molar-refractivity contribution < 1.29 is 58.3 Å². The predicted molar refractivity (Wildman–Crippen MR) is 184 cm³/mol. The fraction of sp³-hybridized carbons (Fsp3) is 0.971. The Morgan fingerprint density at radius 1 is 0.583 bits per heavy atom. The zero-order valence-electron chi connectivity index (χ0n) is 29.8. The minimum Gasteiger partial charge on any atom is -0.457 e. The quantitative estimate of drug-likeness (QED) is 0.0286. The molecule has 0 aliphatic heterocycles. The second kappa shape index (κ2) is 28.0. The molecule has 6 unspecified atom stereocenters. The number of carbonyl (C=O) groups excluding carboxylic acids is 1. The highest BCUT2D eigenvalue weighted by Crippen LogP contribution is 2.47. The molecule has 1 saturated carbocycles. The van der Waals surface area contributed by atoms with Crippen molar-refractivity contribution in [2.75, 3.05) is 19.8 Å². The van der Waals surface area contributed by atoms with E-state index in [-0.39, 0.29) is 13.0 Å². The van der Waals surface area contributed by atoms with Crippen LogP contribution >= 0.6 is 7.82 Å². The number of rotatable bonds is 31. The number of hydrogen-bond acceptors (Lipinski definition) is 11. The summed E-state index contributed by atoms with van der Waals surface area (Å²) in [6.07, 6.45) is 12.0. The van der Waals surface area contributed by atoms with Crippen LogP contribution in [-0.2, 0) is 27.9 Å². The van der Waals surface area contributed by atoms with E-state index in [0.29, 0.717) is 13.0 Å². The maximum Gasteiger partial charge on any atom is 0.472 e. The molecule has 0 bridgehead atoms. The van der Waals surface area contributed by atoms with Gasteiger partial charge in [-0.25, -0.2) is 4.57 Å². The summed E-state index contributed by atoms with van der Waals surface area (Å²) in [6.45, 7) is 4.20. The highest BCUT2D eigenvalue weighted by molar-refractivity contribution is 7.47. The van der Waals surface area contributed by atoms with Gasteiger partial charge < -0.3 is 39.9 Å². The third-order valence-corrected chi connectivity index (χ3v) is 9.97. The first-order valence-electron chi connectivity index (χ1n) is 18.9. The largest absolute Gasteiger partial charge is 0.472 e. The number of esters is 1. The van der Waals surface area contributed by atoms with Gasteiger partial charge in [-0.05, 0) is 12.8 Å². The van der Waals surface area contributed by atoms with Gasteiger partial charge in [0.2, 0.25) is 0 Å². The second-order valence-corrected chi connectivity index (χ2v) is 14.8. The van der Waals surface area contributed by atoms with Crippen LogP contribution in [0.1, 0.15) is 155 Å². The Kier molecular flexibility index (Phi) is 26.5. The number of phosphoric acid groups is 1. The third kappa shape index (κ3) is 20.9. The van der Waals surface area contributed by atoms with Crippen LogP contribution in [0.5, 0.6) is 0 Å². The second-order valence-electron chi connectivity index (χ2n) is 13.4. The Balaban J connectivity index is 2.46. The zero-order valence-corrected chi connectivity index (χ0v) is 30.7. The maximum atomic E-state index is 12.7. The molecule has 1 aliphatic carbocycles. The average molecular weight is 713 g/mol. The molecule has 12 nitrogen and oxygen atoms in total. The highest BCUT2D eigenvalue weighted by Gasteiger charge is 2.51. The van der Waals surface area contributed by atoms with Crippen molar-refractivity contribution >= 4 is 13.8 Å². The van der Waals surface area contributed by atoms with Crippen LogP contribution in [0.15, 0.2) is 0 Å². The van der Waals surface area contributed by atoms with E-state index in [1.54, 1.807) is 0 Å². The fourth-order valence-electron chi connectivity index (χ4n) is 5.88. The average Bonchev–Trinajstić information content (AvgIpc) is 3.06. The van der Waals surface area contributed by atoms with Crippen LogP contribution in [0.3, 0.4) is 0 Å². The van der Waals surface area contributed by atoms with E-state index < -0.39 is 63.1 Å². The first kappa shape index (κ1) is 45.4. The van der Waals surface area contributed by atoms with Crippen LogP contribution in [0.4, 0.5) is 0 Å². The van der Waals surface area contributed by atoms with Gasteiger partial charge in [-0.3, -0.25) is 13.8 Å². The van der Waals surface area contributed by atoms with Crippen molar-refractivity contribution in [3.63, 3.8) is 0 Å². The maximum absolute atomic E-state index is 12.7. The Morgan fingerprint density at radius 3 is 1.44 bits per heavy atom. The van der Waals surface area contributed by atoms with Crippen molar-refractivity contribution in [1.82, 2.24) is 0 Å². The Bertz CT molecular complexity index is 817. The summed E-state index contributed by atoms with van der Waals surface area (Å²) in [5.74, 6) is -0.480. The normalized spacial score (nSPS) is 24.8. The van der Waals surface area contributed by atoms with E-state index in [0.717, 1.165) is 38.5 Å². The Morgan fingerprint density at radius 2 is 0.979 bits per heavy atom. The molecule has 286 valence electrons. The van der Waals surface area contributed by atoms with E-state index in [1.165, 1.54) is 89.9 Å². The lowest BCUT2D eigenvalue weighted by Gasteiger charge is -2.41. The van der Waals surface area contributed by atoms with Crippen molar-refractivity contribution in [1.29, 1.82) is 0 Å². The van der Waals surface area contributed by atoms with Crippen LogP contribution in [0, 0.1) is 0 Å². The van der Waals surface area contributed by atoms with Gasteiger partial charge >= 0.3 is 13.8 Å². The molecule has 1 fully saturated rings. The SMILES string of the molecule is CCCCCCCCCCCCCCCOCC(COP(=O)(O)OC1C(O)C(O)C(O)C(O)C1O)OC(=O)CCCCCCCCCC. The van der Waals surface area contributed by atoms with Gasteiger partial charge in [-0.15, -0.1) is 0 Å². The van der Waals surface area contributed by atoms with Crippen LogP contribution in [-0.4, -0.2) is 98.9 Å². The van der Waals surface area contributed by atoms with Crippen LogP contribution in [0.25, 0.3) is 0 Å². The van der Waals surface area contributed by atoms with Gasteiger partial charge in [0.1, 0.15) is 42.7 Å². The van der Waals surface area contributed by atoms with Crippen molar-refractivity contribution in [3.05, 3.63) is 0 Å². The number of aliphatic hydroxyl groups is 5. The molecular weight excluding hydrogens is 643 g/mol. The number of phosphoric ester groups is 1. The van der Waals surface area contributed by atoms with Gasteiger partial charge in [-0.1, -0.05) is 136 Å². The summed E-state index contributed by atoms with van der Waals surface area (Å²) >= 11 is 0. The summed E-state index contributed by atoms with van der Waals surface area (Å²) in [6, 6.07) is 0. The molecule has 0 amide bonds. The smallest absolute Gasteiger partial charge is 0.457 e. The predicted octanol–water partition coefficient (Wildman–Crippen LogP) is 5.86. The molecule has 0 aromatic carbocycles. The van der Waals surface area contributed by atoms with Gasteiger partial charge in [0.25, 0.3) is 0 Å². The number of hydrogen-bond donors (Lipinski definition) is 6. The number of carbonyl (C=O) groups is 1. The Labute approximate surface area is 289 Å². The molecule has 0 saturated heterocycles. The monoisotopic (exact) mass is 712 g/mol. The molecule has 6 N–H and O–H groups in total. The molecule has 0 aromatic heterocycles. The van der Waals surface area contributed by atoms with Crippen LogP contribution in [0.2, 0.25) is 0 Å². The zero-order chi connectivity index (χ0) is 35.6. The first-order valence-corrected chi connectivity index (χ1v) is 20.4. The highest BCUT2D eigenvalue weighted by atomic mass is 31.2. The number of unbranched alkanes of at least 4 members (excludes halogenated alkanes) is 19. The minimum atomic E-state index is -4.99. The summed E-state index contributed by atoms with van der Waals surface area (Å²) in [5.41, 5.74) is 0. The van der Waals surface area contributed by atoms with E-state index in [1.807, 2.05) is 0 Å². The molecule has 0 radical (unpaired) electrons. The summed E-state index contributed by atoms with van der Waals surface area (Å²) in [7, 11) is -4.99. The molecule has 0 heterocycles. The molecule has 6 atom stereocenters. The van der Waals surface area contributed by atoms with Crippen molar-refractivity contribution in [2.45, 2.75) is 198 Å². The van der Waals surface area contributed by atoms with Gasteiger partial charge in [-0.2, -0.15) is 0 Å². The summed E-state index contributed by atoms with van der Waals surface area (Å²) < 4.78 is 33.9. The molecular formula is C35H69O12P. The minimum absolute atomic E-state index is 0.0697. The van der Waals surface area contributed by atoms with E-state index in [9.17, 15) is 39.8 Å². The van der Waals surface area contributed by atoms with Crippen molar-refractivity contribution in [2.24, 2.45) is 0 Å². The number of ether oxygens (including phenoxy) is 2. The summed E-state index contributed by atoms with van der Waals surface area (Å²) in [5, 5.41) is 49.8.